The van der Waals surface area contributed by atoms with E-state index in [1.54, 1.807) is 16.4 Å². The Bertz CT molecular complexity index is 609. The molecule has 1 saturated carbocycles. The van der Waals surface area contributed by atoms with E-state index in [0.29, 0.717) is 24.9 Å². The Hall–Kier alpha value is -1.14. The Kier molecular flexibility index (Phi) is 4.41. The summed E-state index contributed by atoms with van der Waals surface area (Å²) in [4.78, 5) is 4.37. The Morgan fingerprint density at radius 1 is 1.23 bits per heavy atom. The molecule has 0 radical (unpaired) electrons. The molecule has 0 aromatic carbocycles. The van der Waals surface area contributed by atoms with Crippen LogP contribution in [0.2, 0.25) is 0 Å². The van der Waals surface area contributed by atoms with Crippen molar-refractivity contribution >= 4 is 10.0 Å². The summed E-state index contributed by atoms with van der Waals surface area (Å²) in [5.41, 5.74) is 0. The van der Waals surface area contributed by atoms with Crippen LogP contribution in [-0.2, 0) is 10.0 Å². The van der Waals surface area contributed by atoms with E-state index in [0.717, 1.165) is 12.3 Å². The SMILES string of the molecule is CC(C)Oc1ccc(S(=O)(=O)N2CCC(C3CCC3)C2)cn1. The van der Waals surface area contributed by atoms with E-state index in [4.69, 9.17) is 4.74 Å². The first kappa shape index (κ1) is 15.7. The smallest absolute Gasteiger partial charge is 0.244 e. The molecule has 1 aromatic rings. The van der Waals surface area contributed by atoms with Crippen LogP contribution in [0.25, 0.3) is 0 Å². The van der Waals surface area contributed by atoms with Crippen molar-refractivity contribution < 1.29 is 13.2 Å². The van der Waals surface area contributed by atoms with Crippen molar-refractivity contribution in [1.29, 1.82) is 0 Å². The van der Waals surface area contributed by atoms with Gasteiger partial charge in [-0.05, 0) is 38.2 Å². The van der Waals surface area contributed by atoms with Crippen molar-refractivity contribution in [2.75, 3.05) is 13.1 Å². The number of pyridine rings is 1. The number of hydrogen-bond acceptors (Lipinski definition) is 4. The average Bonchev–Trinajstić information content (AvgIpc) is 2.86. The van der Waals surface area contributed by atoms with Crippen LogP contribution < -0.4 is 4.74 Å². The van der Waals surface area contributed by atoms with Gasteiger partial charge in [-0.2, -0.15) is 4.31 Å². The number of hydrogen-bond donors (Lipinski definition) is 0. The van der Waals surface area contributed by atoms with E-state index >= 15 is 0 Å². The summed E-state index contributed by atoms with van der Waals surface area (Å²) in [6, 6.07) is 3.23. The molecule has 6 heteroatoms. The van der Waals surface area contributed by atoms with Crippen LogP contribution in [0, 0.1) is 11.8 Å². The first-order chi connectivity index (χ1) is 10.5. The van der Waals surface area contributed by atoms with Crippen molar-refractivity contribution in [1.82, 2.24) is 9.29 Å². The molecule has 1 unspecified atom stereocenters. The van der Waals surface area contributed by atoms with Crippen LogP contribution >= 0.6 is 0 Å². The molecule has 5 nitrogen and oxygen atoms in total. The second-order valence-corrected chi connectivity index (χ2v) is 8.54. The van der Waals surface area contributed by atoms with Crippen LogP contribution in [0.1, 0.15) is 39.5 Å². The zero-order chi connectivity index (χ0) is 15.7. The van der Waals surface area contributed by atoms with Gasteiger partial charge in [-0.3, -0.25) is 0 Å². The summed E-state index contributed by atoms with van der Waals surface area (Å²) in [7, 11) is -3.42. The van der Waals surface area contributed by atoms with Gasteiger partial charge in [0.15, 0.2) is 0 Å². The molecule has 1 saturated heterocycles. The van der Waals surface area contributed by atoms with E-state index in [1.807, 2.05) is 13.8 Å². The first-order valence-corrected chi connectivity index (χ1v) is 9.53. The standard InChI is InChI=1S/C16H24N2O3S/c1-12(2)21-16-7-6-15(10-17-16)22(19,20)18-9-8-14(11-18)13-4-3-5-13/h6-7,10,12-14H,3-5,8-9,11H2,1-2H3. The predicted molar refractivity (Wildman–Crippen MR) is 84.2 cm³/mol. The molecule has 1 aromatic heterocycles. The lowest BCUT2D eigenvalue weighted by molar-refractivity contribution is 0.214. The van der Waals surface area contributed by atoms with Gasteiger partial charge in [-0.25, -0.2) is 13.4 Å². The molecule has 2 aliphatic rings. The summed E-state index contributed by atoms with van der Waals surface area (Å²) < 4.78 is 32.5. The molecule has 2 fully saturated rings. The highest BCUT2D eigenvalue weighted by molar-refractivity contribution is 7.89. The second-order valence-electron chi connectivity index (χ2n) is 6.60. The summed E-state index contributed by atoms with van der Waals surface area (Å²) in [5, 5.41) is 0. The monoisotopic (exact) mass is 324 g/mol. The number of rotatable bonds is 5. The normalized spacial score (nSPS) is 23.7. The largest absolute Gasteiger partial charge is 0.475 e. The number of ether oxygens (including phenoxy) is 1. The van der Waals surface area contributed by atoms with E-state index in [9.17, 15) is 8.42 Å². The zero-order valence-electron chi connectivity index (χ0n) is 13.2. The minimum absolute atomic E-state index is 0.0248. The van der Waals surface area contributed by atoms with Crippen LogP contribution in [-0.4, -0.2) is 36.9 Å². The Labute approximate surface area is 132 Å². The van der Waals surface area contributed by atoms with Gasteiger partial charge in [0.1, 0.15) is 4.90 Å². The van der Waals surface area contributed by atoms with Crippen LogP contribution in [0.5, 0.6) is 5.88 Å². The fourth-order valence-corrected chi connectivity index (χ4v) is 4.71. The molecule has 22 heavy (non-hydrogen) atoms. The highest BCUT2D eigenvalue weighted by Gasteiger charge is 2.37. The summed E-state index contributed by atoms with van der Waals surface area (Å²) in [5.74, 6) is 1.74. The van der Waals surface area contributed by atoms with Crippen molar-refractivity contribution in [2.45, 2.75) is 50.5 Å². The van der Waals surface area contributed by atoms with Crippen LogP contribution in [0.3, 0.4) is 0 Å². The molecule has 1 aliphatic heterocycles. The predicted octanol–water partition coefficient (Wildman–Crippen LogP) is 2.68. The maximum absolute atomic E-state index is 12.7. The molecule has 1 aliphatic carbocycles. The lowest BCUT2D eigenvalue weighted by Gasteiger charge is -2.31. The van der Waals surface area contributed by atoms with Crippen molar-refractivity contribution in [3.8, 4) is 5.88 Å². The molecular weight excluding hydrogens is 300 g/mol. The molecule has 2 heterocycles. The zero-order valence-corrected chi connectivity index (χ0v) is 14.1. The van der Waals surface area contributed by atoms with Crippen LogP contribution in [0.15, 0.2) is 23.2 Å². The number of sulfonamides is 1. The maximum Gasteiger partial charge on any atom is 0.244 e. The summed E-state index contributed by atoms with van der Waals surface area (Å²) in [6.07, 6.45) is 6.25. The maximum atomic E-state index is 12.7. The summed E-state index contributed by atoms with van der Waals surface area (Å²) in [6.45, 7) is 5.12. The van der Waals surface area contributed by atoms with Gasteiger partial charge in [-0.1, -0.05) is 19.3 Å². The molecule has 0 bridgehead atoms. The highest BCUT2D eigenvalue weighted by Crippen LogP contribution is 2.39. The molecule has 3 rings (SSSR count). The van der Waals surface area contributed by atoms with E-state index in [2.05, 4.69) is 4.98 Å². The topological polar surface area (TPSA) is 59.5 Å². The van der Waals surface area contributed by atoms with Gasteiger partial charge in [-0.15, -0.1) is 0 Å². The Morgan fingerprint density at radius 2 is 2.00 bits per heavy atom. The average molecular weight is 324 g/mol. The molecule has 0 N–H and O–H groups in total. The Morgan fingerprint density at radius 3 is 2.55 bits per heavy atom. The third kappa shape index (κ3) is 3.13. The third-order valence-electron chi connectivity index (χ3n) is 4.71. The highest BCUT2D eigenvalue weighted by atomic mass is 32.2. The minimum atomic E-state index is -3.42. The fourth-order valence-electron chi connectivity index (χ4n) is 3.25. The quantitative estimate of drug-likeness (QED) is 0.835. The van der Waals surface area contributed by atoms with Gasteiger partial charge in [0, 0.05) is 19.2 Å². The fraction of sp³-hybridized carbons (Fsp3) is 0.688. The van der Waals surface area contributed by atoms with Crippen molar-refractivity contribution in [3.63, 3.8) is 0 Å². The van der Waals surface area contributed by atoms with Crippen molar-refractivity contribution in [3.05, 3.63) is 18.3 Å². The lowest BCUT2D eigenvalue weighted by atomic mass is 9.75. The summed E-state index contributed by atoms with van der Waals surface area (Å²) >= 11 is 0. The Balaban J connectivity index is 1.70. The van der Waals surface area contributed by atoms with E-state index in [1.165, 1.54) is 25.5 Å². The molecule has 1 atom stereocenters. The molecule has 122 valence electrons. The molecule has 0 amide bonds. The van der Waals surface area contributed by atoms with Gasteiger partial charge in [0.2, 0.25) is 15.9 Å². The van der Waals surface area contributed by atoms with Crippen molar-refractivity contribution in [2.24, 2.45) is 11.8 Å². The minimum Gasteiger partial charge on any atom is -0.475 e. The molecule has 0 spiro atoms. The lowest BCUT2D eigenvalue weighted by Crippen LogP contribution is -2.31. The number of nitrogens with zero attached hydrogens (tertiary/aromatic N) is 2. The first-order valence-electron chi connectivity index (χ1n) is 8.09. The number of aromatic nitrogens is 1. The van der Waals surface area contributed by atoms with E-state index < -0.39 is 10.0 Å². The molecular formula is C16H24N2O3S. The van der Waals surface area contributed by atoms with Gasteiger partial charge in [0.05, 0.1) is 12.3 Å². The van der Waals surface area contributed by atoms with Crippen LogP contribution in [0.4, 0.5) is 0 Å². The van der Waals surface area contributed by atoms with E-state index in [-0.39, 0.29) is 11.0 Å². The van der Waals surface area contributed by atoms with Gasteiger partial charge < -0.3 is 4.74 Å². The second kappa shape index (κ2) is 6.16. The van der Waals surface area contributed by atoms with Gasteiger partial charge >= 0.3 is 0 Å². The third-order valence-corrected chi connectivity index (χ3v) is 6.56. The van der Waals surface area contributed by atoms with Gasteiger partial charge in [0.25, 0.3) is 0 Å².